The number of carbonyl (C=O) groups excluding carboxylic acids is 1. The molecule has 8 heteroatoms. The van der Waals surface area contributed by atoms with Crippen molar-refractivity contribution in [2.45, 2.75) is 6.92 Å². The van der Waals surface area contributed by atoms with Gasteiger partial charge in [0.15, 0.2) is 5.13 Å². The second-order valence-electron chi connectivity index (χ2n) is 6.41. The number of piperazine rings is 1. The number of nitrogens with zero attached hydrogens (tertiary/aromatic N) is 3. The molecule has 0 atom stereocenters. The summed E-state index contributed by atoms with van der Waals surface area (Å²) in [5, 5.41) is 1.51. The van der Waals surface area contributed by atoms with E-state index in [0.717, 1.165) is 33.0 Å². The van der Waals surface area contributed by atoms with Crippen molar-refractivity contribution >= 4 is 44.2 Å². The zero-order valence-electron chi connectivity index (χ0n) is 14.5. The number of halogens is 3. The summed E-state index contributed by atoms with van der Waals surface area (Å²) in [6.45, 7) is 3.81. The second-order valence-corrected chi connectivity index (χ2v) is 7.80. The average Bonchev–Trinajstić information content (AvgIpc) is 3.11. The maximum absolute atomic E-state index is 13.9. The molecule has 4 rings (SSSR count). The third kappa shape index (κ3) is 3.26. The highest BCUT2D eigenvalue weighted by atomic mass is 35.5. The van der Waals surface area contributed by atoms with Gasteiger partial charge in [0.05, 0.1) is 15.2 Å². The molecular weight excluding hydrogens is 392 g/mol. The van der Waals surface area contributed by atoms with Crippen LogP contribution >= 0.6 is 22.9 Å². The predicted octanol–water partition coefficient (Wildman–Crippen LogP) is 4.50. The molecule has 0 unspecified atom stereocenters. The van der Waals surface area contributed by atoms with E-state index in [0.29, 0.717) is 31.2 Å². The molecule has 0 bridgehead atoms. The number of hydrogen-bond donors (Lipinski definition) is 0. The molecule has 27 heavy (non-hydrogen) atoms. The van der Waals surface area contributed by atoms with E-state index in [1.165, 1.54) is 22.3 Å². The minimum absolute atomic E-state index is 0.370. The van der Waals surface area contributed by atoms with Crippen molar-refractivity contribution in [3.05, 3.63) is 58.1 Å². The molecule has 1 fully saturated rings. The van der Waals surface area contributed by atoms with Gasteiger partial charge < -0.3 is 9.80 Å². The van der Waals surface area contributed by atoms with E-state index in [1.807, 2.05) is 19.1 Å². The molecule has 3 aromatic rings. The molecule has 0 N–H and O–H groups in total. The lowest BCUT2D eigenvalue weighted by atomic mass is 10.1. The first-order valence-electron chi connectivity index (χ1n) is 8.49. The van der Waals surface area contributed by atoms with Gasteiger partial charge in [-0.25, -0.2) is 13.8 Å². The first kappa shape index (κ1) is 18.1. The molecular formula is C19H16ClF2N3OS. The van der Waals surface area contributed by atoms with Gasteiger partial charge in [-0.15, -0.1) is 0 Å². The van der Waals surface area contributed by atoms with Crippen molar-refractivity contribution in [3.63, 3.8) is 0 Å². The SMILES string of the molecule is Cc1ccc(Cl)c2sc(N3CCN(C(=O)c4c(F)cccc4F)CC3)nc12. The maximum atomic E-state index is 13.9. The number of benzene rings is 2. The molecule has 0 radical (unpaired) electrons. The summed E-state index contributed by atoms with van der Waals surface area (Å²) in [6.07, 6.45) is 0. The van der Waals surface area contributed by atoms with Crippen molar-refractivity contribution in [1.29, 1.82) is 0 Å². The van der Waals surface area contributed by atoms with Crippen LogP contribution in [-0.2, 0) is 0 Å². The molecule has 1 saturated heterocycles. The number of fused-ring (bicyclic) bond motifs is 1. The van der Waals surface area contributed by atoms with E-state index >= 15 is 0 Å². The Morgan fingerprint density at radius 3 is 2.41 bits per heavy atom. The quantitative estimate of drug-likeness (QED) is 0.627. The summed E-state index contributed by atoms with van der Waals surface area (Å²) >= 11 is 7.79. The molecule has 0 aliphatic carbocycles. The second kappa shape index (κ2) is 7.05. The first-order valence-corrected chi connectivity index (χ1v) is 9.69. The molecule has 2 aromatic carbocycles. The van der Waals surface area contributed by atoms with Gasteiger partial charge in [-0.1, -0.05) is 35.1 Å². The fourth-order valence-corrected chi connectivity index (χ4v) is 4.56. The molecule has 1 aromatic heterocycles. The largest absolute Gasteiger partial charge is 0.345 e. The monoisotopic (exact) mass is 407 g/mol. The fraction of sp³-hybridized carbons (Fsp3) is 0.263. The number of aromatic nitrogens is 1. The van der Waals surface area contributed by atoms with Gasteiger partial charge in [0.25, 0.3) is 5.91 Å². The van der Waals surface area contributed by atoms with Gasteiger partial charge in [-0.3, -0.25) is 4.79 Å². The first-order chi connectivity index (χ1) is 13.0. The van der Waals surface area contributed by atoms with Crippen LogP contribution in [-0.4, -0.2) is 42.0 Å². The van der Waals surface area contributed by atoms with E-state index < -0.39 is 23.1 Å². The van der Waals surface area contributed by atoms with Crippen molar-refractivity contribution in [2.24, 2.45) is 0 Å². The van der Waals surface area contributed by atoms with Crippen LogP contribution in [0.2, 0.25) is 5.02 Å². The van der Waals surface area contributed by atoms with Gasteiger partial charge in [-0.2, -0.15) is 0 Å². The minimum Gasteiger partial charge on any atom is -0.345 e. The Labute approximate surface area is 164 Å². The standard InChI is InChI=1S/C19H16ClF2N3OS/c1-11-5-6-12(20)17-16(11)23-19(27-17)25-9-7-24(8-10-25)18(26)15-13(21)3-2-4-14(15)22/h2-6H,7-10H2,1H3. The van der Waals surface area contributed by atoms with E-state index in [9.17, 15) is 13.6 Å². The smallest absolute Gasteiger partial charge is 0.259 e. The van der Waals surface area contributed by atoms with Crippen molar-refractivity contribution in [3.8, 4) is 0 Å². The highest BCUT2D eigenvalue weighted by molar-refractivity contribution is 7.22. The zero-order chi connectivity index (χ0) is 19.1. The Morgan fingerprint density at radius 2 is 1.78 bits per heavy atom. The molecule has 1 aliphatic rings. The molecule has 140 valence electrons. The summed E-state index contributed by atoms with van der Waals surface area (Å²) in [5.74, 6) is -2.29. The van der Waals surface area contributed by atoms with Gasteiger partial charge in [0, 0.05) is 26.2 Å². The van der Waals surface area contributed by atoms with Gasteiger partial charge in [-0.05, 0) is 30.7 Å². The van der Waals surface area contributed by atoms with E-state index in [2.05, 4.69) is 9.88 Å². The number of anilines is 1. The Morgan fingerprint density at radius 1 is 1.11 bits per heavy atom. The number of aryl methyl sites for hydroxylation is 1. The van der Waals surface area contributed by atoms with Crippen molar-refractivity contribution < 1.29 is 13.6 Å². The summed E-state index contributed by atoms with van der Waals surface area (Å²) in [6, 6.07) is 7.24. The topological polar surface area (TPSA) is 36.4 Å². The minimum atomic E-state index is -0.835. The van der Waals surface area contributed by atoms with Gasteiger partial charge in [0.2, 0.25) is 0 Å². The van der Waals surface area contributed by atoms with Crippen LogP contribution in [0, 0.1) is 18.6 Å². The third-order valence-electron chi connectivity index (χ3n) is 4.70. The normalized spacial score (nSPS) is 14.8. The number of hydrogen-bond acceptors (Lipinski definition) is 4. The van der Waals surface area contributed by atoms with Gasteiger partial charge >= 0.3 is 0 Å². The number of thiazole rings is 1. The van der Waals surface area contributed by atoms with Crippen LogP contribution in [0.4, 0.5) is 13.9 Å². The third-order valence-corrected chi connectivity index (χ3v) is 6.28. The highest BCUT2D eigenvalue weighted by Gasteiger charge is 2.27. The lowest BCUT2D eigenvalue weighted by Gasteiger charge is -2.34. The summed E-state index contributed by atoms with van der Waals surface area (Å²) < 4.78 is 28.7. The summed E-state index contributed by atoms with van der Waals surface area (Å²) in [5.41, 5.74) is 1.45. The molecule has 0 spiro atoms. The summed E-state index contributed by atoms with van der Waals surface area (Å²) in [7, 11) is 0. The van der Waals surface area contributed by atoms with E-state index in [-0.39, 0.29) is 0 Å². The van der Waals surface area contributed by atoms with Crippen LogP contribution < -0.4 is 4.90 Å². The van der Waals surface area contributed by atoms with Crippen LogP contribution in [0.15, 0.2) is 30.3 Å². The van der Waals surface area contributed by atoms with Gasteiger partial charge in [0.1, 0.15) is 17.2 Å². The van der Waals surface area contributed by atoms with Crippen molar-refractivity contribution in [2.75, 3.05) is 31.1 Å². The van der Waals surface area contributed by atoms with Crippen LogP contribution in [0.1, 0.15) is 15.9 Å². The zero-order valence-corrected chi connectivity index (χ0v) is 16.1. The lowest BCUT2D eigenvalue weighted by Crippen LogP contribution is -2.49. The number of carbonyl (C=O) groups is 1. The van der Waals surface area contributed by atoms with Crippen LogP contribution in [0.25, 0.3) is 10.2 Å². The van der Waals surface area contributed by atoms with Crippen LogP contribution in [0.5, 0.6) is 0 Å². The number of amides is 1. The fourth-order valence-electron chi connectivity index (χ4n) is 3.19. The predicted molar refractivity (Wildman–Crippen MR) is 104 cm³/mol. The Hall–Kier alpha value is -2.25. The Balaban J connectivity index is 1.52. The summed E-state index contributed by atoms with van der Waals surface area (Å²) in [4.78, 5) is 20.7. The Bertz CT molecular complexity index is 972. The Kier molecular flexibility index (Phi) is 4.74. The molecule has 1 amide bonds. The highest BCUT2D eigenvalue weighted by Crippen LogP contribution is 2.35. The number of rotatable bonds is 2. The molecule has 1 aliphatic heterocycles. The van der Waals surface area contributed by atoms with Crippen LogP contribution in [0.3, 0.4) is 0 Å². The van der Waals surface area contributed by atoms with E-state index in [1.54, 1.807) is 0 Å². The lowest BCUT2D eigenvalue weighted by molar-refractivity contribution is 0.0737. The maximum Gasteiger partial charge on any atom is 0.259 e. The van der Waals surface area contributed by atoms with Crippen molar-refractivity contribution in [1.82, 2.24) is 9.88 Å². The molecule has 0 saturated carbocycles. The molecule has 2 heterocycles. The molecule has 4 nitrogen and oxygen atoms in total. The average molecular weight is 408 g/mol. The van der Waals surface area contributed by atoms with E-state index in [4.69, 9.17) is 11.6 Å².